The van der Waals surface area contributed by atoms with Gasteiger partial charge in [-0.05, 0) is 34.1 Å². The van der Waals surface area contributed by atoms with Crippen LogP contribution in [-0.2, 0) is 14.3 Å². The second-order valence-electron chi connectivity index (χ2n) is 10.5. The molecule has 0 saturated carbocycles. The van der Waals surface area contributed by atoms with E-state index < -0.39 is 18.0 Å². The van der Waals surface area contributed by atoms with Crippen LogP contribution in [0.3, 0.4) is 0 Å². The molecule has 2 unspecified atom stereocenters. The maximum atomic E-state index is 13.0. The van der Waals surface area contributed by atoms with Gasteiger partial charge < -0.3 is 20.1 Å². The Balaban J connectivity index is 1.33. The van der Waals surface area contributed by atoms with Gasteiger partial charge in [0.05, 0.1) is 12.0 Å². The minimum Gasteiger partial charge on any atom is -0.480 e. The average Bonchev–Trinajstić information content (AvgIpc) is 3.38. The Morgan fingerprint density at radius 3 is 2.17 bits per heavy atom. The molecule has 2 aromatic rings. The van der Waals surface area contributed by atoms with Gasteiger partial charge >= 0.3 is 12.1 Å². The van der Waals surface area contributed by atoms with Crippen molar-refractivity contribution in [1.82, 2.24) is 10.2 Å². The number of hydrogen-bond donors (Lipinski definition) is 2. The number of amides is 2. The van der Waals surface area contributed by atoms with Gasteiger partial charge in [0.1, 0.15) is 13.2 Å². The van der Waals surface area contributed by atoms with Crippen LogP contribution in [0.2, 0.25) is 0 Å². The molecule has 184 valence electrons. The Labute approximate surface area is 205 Å². The lowest BCUT2D eigenvalue weighted by Crippen LogP contribution is -2.44. The first-order valence-corrected chi connectivity index (χ1v) is 11.9. The summed E-state index contributed by atoms with van der Waals surface area (Å²) in [4.78, 5) is 38.2. The van der Waals surface area contributed by atoms with Gasteiger partial charge in [-0.15, -0.1) is 0 Å². The van der Waals surface area contributed by atoms with Crippen LogP contribution < -0.4 is 5.32 Å². The molecule has 7 nitrogen and oxygen atoms in total. The number of carbonyl (C=O) groups excluding carboxylic acids is 2. The molecule has 0 bridgehead atoms. The second-order valence-corrected chi connectivity index (χ2v) is 10.5. The first-order valence-electron chi connectivity index (χ1n) is 11.9. The number of carboxylic acid groups (broad SMARTS) is 1. The van der Waals surface area contributed by atoms with E-state index in [9.17, 15) is 19.5 Å². The molecule has 2 aliphatic carbocycles. The Bertz CT molecular complexity index is 1100. The number of rotatable bonds is 7. The third kappa shape index (κ3) is 5.73. The summed E-state index contributed by atoms with van der Waals surface area (Å²) in [7, 11) is 0. The minimum absolute atomic E-state index is 0.0245. The predicted molar refractivity (Wildman–Crippen MR) is 133 cm³/mol. The van der Waals surface area contributed by atoms with Crippen LogP contribution in [0.1, 0.15) is 44.2 Å². The number of nitrogens with zero attached hydrogens (tertiary/aromatic N) is 1. The van der Waals surface area contributed by atoms with Gasteiger partial charge in [0.25, 0.3) is 0 Å². The lowest BCUT2D eigenvalue weighted by Gasteiger charge is -2.30. The Kier molecular flexibility index (Phi) is 6.96. The molecule has 4 rings (SSSR count). The van der Waals surface area contributed by atoms with Gasteiger partial charge in [0.15, 0.2) is 0 Å². The van der Waals surface area contributed by atoms with E-state index in [0.29, 0.717) is 13.0 Å². The van der Waals surface area contributed by atoms with E-state index in [-0.39, 0.29) is 36.4 Å². The maximum Gasteiger partial charge on any atom is 0.407 e. The molecule has 2 atom stereocenters. The summed E-state index contributed by atoms with van der Waals surface area (Å²) in [5, 5.41) is 12.1. The van der Waals surface area contributed by atoms with E-state index in [2.05, 4.69) is 29.6 Å². The summed E-state index contributed by atoms with van der Waals surface area (Å²) in [6.45, 7) is 6.10. The molecule has 2 amide bonds. The van der Waals surface area contributed by atoms with Crippen LogP contribution in [0.4, 0.5) is 4.79 Å². The molecule has 7 heteroatoms. The van der Waals surface area contributed by atoms with E-state index >= 15 is 0 Å². The zero-order valence-corrected chi connectivity index (χ0v) is 20.4. The van der Waals surface area contributed by atoms with E-state index in [1.165, 1.54) is 16.0 Å². The Morgan fingerprint density at radius 1 is 1.00 bits per heavy atom. The van der Waals surface area contributed by atoms with Crippen molar-refractivity contribution < 1.29 is 24.2 Å². The summed E-state index contributed by atoms with van der Waals surface area (Å²) in [6, 6.07) is 16.0. The quantitative estimate of drug-likeness (QED) is 0.577. The fourth-order valence-corrected chi connectivity index (χ4v) is 4.96. The number of aliphatic carboxylic acids is 1. The highest BCUT2D eigenvalue weighted by Gasteiger charge is 2.33. The summed E-state index contributed by atoms with van der Waals surface area (Å²) < 4.78 is 5.61. The standard InChI is InChI=1S/C28H32N2O5/c1-28(2,3)17-30(15-25(31)32)26(33)18-12-13-19(14-18)29-27(34)35-16-24-22-10-6-4-8-20(22)21-9-5-7-11-23(21)24/h4-13,18-19,24H,14-17H2,1-3H3,(H,29,34)(H,31,32). The average molecular weight is 477 g/mol. The molecule has 0 aromatic heterocycles. The normalized spacial score (nSPS) is 18.6. The van der Waals surface area contributed by atoms with Gasteiger partial charge in [0.2, 0.25) is 5.91 Å². The Morgan fingerprint density at radius 2 is 1.60 bits per heavy atom. The molecule has 2 aliphatic rings. The number of carboxylic acids is 1. The highest BCUT2D eigenvalue weighted by Crippen LogP contribution is 2.44. The smallest absolute Gasteiger partial charge is 0.407 e. The van der Waals surface area contributed by atoms with Crippen molar-refractivity contribution in [3.8, 4) is 11.1 Å². The second kappa shape index (κ2) is 9.94. The van der Waals surface area contributed by atoms with Crippen molar-refractivity contribution in [1.29, 1.82) is 0 Å². The molecular weight excluding hydrogens is 444 g/mol. The molecule has 2 N–H and O–H groups in total. The van der Waals surface area contributed by atoms with E-state index in [0.717, 1.165) is 11.1 Å². The monoisotopic (exact) mass is 476 g/mol. The molecule has 0 radical (unpaired) electrons. The van der Waals surface area contributed by atoms with Gasteiger partial charge in [-0.25, -0.2) is 4.79 Å². The molecule has 0 heterocycles. The third-order valence-corrected chi connectivity index (χ3v) is 6.35. The molecule has 0 fully saturated rings. The van der Waals surface area contributed by atoms with Gasteiger partial charge in [-0.3, -0.25) is 9.59 Å². The van der Waals surface area contributed by atoms with E-state index in [1.807, 2.05) is 45.0 Å². The van der Waals surface area contributed by atoms with Crippen LogP contribution >= 0.6 is 0 Å². The SMILES string of the molecule is CC(C)(C)CN(CC(=O)O)C(=O)C1C=CC(NC(=O)OCC2c3ccccc3-c3ccccc32)C1. The summed E-state index contributed by atoms with van der Waals surface area (Å²) in [6.07, 6.45) is 3.36. The number of alkyl carbamates (subject to hydrolysis) is 1. The summed E-state index contributed by atoms with van der Waals surface area (Å²) in [5.41, 5.74) is 4.39. The van der Waals surface area contributed by atoms with Gasteiger partial charge in [-0.1, -0.05) is 81.5 Å². The van der Waals surface area contributed by atoms with Crippen LogP contribution in [0, 0.1) is 11.3 Å². The fraction of sp³-hybridized carbons (Fsp3) is 0.393. The first-order chi connectivity index (χ1) is 16.6. The largest absolute Gasteiger partial charge is 0.480 e. The number of nitrogens with one attached hydrogen (secondary N) is 1. The number of fused-ring (bicyclic) bond motifs is 3. The van der Waals surface area contributed by atoms with E-state index in [4.69, 9.17) is 4.74 Å². The molecule has 0 spiro atoms. The van der Waals surface area contributed by atoms with Crippen molar-refractivity contribution in [2.24, 2.45) is 11.3 Å². The van der Waals surface area contributed by atoms with Crippen molar-refractivity contribution in [3.05, 3.63) is 71.8 Å². The van der Waals surface area contributed by atoms with Crippen molar-refractivity contribution in [2.45, 2.75) is 39.2 Å². The van der Waals surface area contributed by atoms with Crippen LogP contribution in [0.15, 0.2) is 60.7 Å². The molecule has 35 heavy (non-hydrogen) atoms. The van der Waals surface area contributed by atoms with Crippen LogP contribution in [0.5, 0.6) is 0 Å². The topological polar surface area (TPSA) is 95.9 Å². The molecule has 0 aliphatic heterocycles. The van der Waals surface area contributed by atoms with Gasteiger partial charge in [0, 0.05) is 12.5 Å². The maximum absolute atomic E-state index is 13.0. The highest BCUT2D eigenvalue weighted by atomic mass is 16.5. The van der Waals surface area contributed by atoms with Crippen molar-refractivity contribution >= 4 is 18.0 Å². The molecule has 2 aromatic carbocycles. The third-order valence-electron chi connectivity index (χ3n) is 6.35. The van der Waals surface area contributed by atoms with Crippen LogP contribution in [0.25, 0.3) is 11.1 Å². The number of hydrogen-bond acceptors (Lipinski definition) is 4. The predicted octanol–water partition coefficient (Wildman–Crippen LogP) is 4.43. The fourth-order valence-electron chi connectivity index (χ4n) is 4.96. The molecular formula is C28H32N2O5. The van der Waals surface area contributed by atoms with Crippen molar-refractivity contribution in [2.75, 3.05) is 19.7 Å². The summed E-state index contributed by atoms with van der Waals surface area (Å²) >= 11 is 0. The zero-order chi connectivity index (χ0) is 25.2. The number of ether oxygens (including phenoxy) is 1. The number of benzene rings is 2. The van der Waals surface area contributed by atoms with E-state index in [1.54, 1.807) is 12.2 Å². The Hall–Kier alpha value is -3.61. The first kappa shape index (κ1) is 24.5. The highest BCUT2D eigenvalue weighted by molar-refractivity contribution is 5.85. The number of carbonyl (C=O) groups is 3. The lowest BCUT2D eigenvalue weighted by molar-refractivity contribution is -0.146. The van der Waals surface area contributed by atoms with Crippen molar-refractivity contribution in [3.63, 3.8) is 0 Å². The van der Waals surface area contributed by atoms with Crippen LogP contribution in [-0.4, -0.2) is 53.7 Å². The van der Waals surface area contributed by atoms with Gasteiger partial charge in [-0.2, -0.15) is 0 Å². The molecule has 0 saturated heterocycles. The summed E-state index contributed by atoms with van der Waals surface area (Å²) in [5.74, 6) is -1.78. The zero-order valence-electron chi connectivity index (χ0n) is 20.4. The lowest BCUT2D eigenvalue weighted by atomic mass is 9.95. The minimum atomic E-state index is -1.04.